The predicted octanol–water partition coefficient (Wildman–Crippen LogP) is 1.01. The second-order valence-corrected chi connectivity index (χ2v) is 3.49. The minimum atomic E-state index is -0.212. The lowest BCUT2D eigenvalue weighted by molar-refractivity contribution is 0.141. The Labute approximate surface area is 75.0 Å². The number of likely N-dealkylation sites (N-methyl/N-ethyl adjacent to an activating group) is 1. The van der Waals surface area contributed by atoms with Crippen LogP contribution in [0, 0.1) is 0 Å². The second kappa shape index (κ2) is 6.95. The quantitative estimate of drug-likeness (QED) is 0.467. The summed E-state index contributed by atoms with van der Waals surface area (Å²) in [5, 5.41) is 9.02. The van der Waals surface area contributed by atoms with Gasteiger partial charge in [-0.05, 0) is 39.1 Å². The highest BCUT2D eigenvalue weighted by Crippen LogP contribution is 1.95. The van der Waals surface area contributed by atoms with Crippen LogP contribution in [0.5, 0.6) is 0 Å². The van der Waals surface area contributed by atoms with Crippen LogP contribution in [-0.2, 0) is 0 Å². The number of aliphatic hydroxyl groups excluding tert-OH is 1. The molecule has 0 bridgehead atoms. The van der Waals surface area contributed by atoms with Crippen LogP contribution in [0.2, 0.25) is 0 Å². The van der Waals surface area contributed by atoms with Gasteiger partial charge in [0.1, 0.15) is 0 Å². The van der Waals surface area contributed by atoms with E-state index in [0.717, 1.165) is 25.3 Å². The molecule has 68 valence electrons. The monoisotopic (exact) mass is 177 g/mol. The average molecular weight is 177 g/mol. The van der Waals surface area contributed by atoms with E-state index >= 15 is 0 Å². The third-order valence-corrected chi connectivity index (χ3v) is 1.84. The van der Waals surface area contributed by atoms with Gasteiger partial charge in [0.05, 0.1) is 6.10 Å². The number of nitrogens with zero attached hydrogens (tertiary/aromatic N) is 1. The SMILES string of the molecule is CC(O)CN(C)CCCCS. The number of hydrogen-bond donors (Lipinski definition) is 2. The van der Waals surface area contributed by atoms with Crippen molar-refractivity contribution in [2.45, 2.75) is 25.9 Å². The molecule has 11 heavy (non-hydrogen) atoms. The average Bonchev–Trinajstić information content (AvgIpc) is 1.86. The first-order valence-corrected chi connectivity index (χ1v) is 4.77. The van der Waals surface area contributed by atoms with Gasteiger partial charge in [-0.1, -0.05) is 0 Å². The van der Waals surface area contributed by atoms with Crippen molar-refractivity contribution >= 4 is 12.6 Å². The molecule has 3 heteroatoms. The van der Waals surface area contributed by atoms with Gasteiger partial charge >= 0.3 is 0 Å². The highest BCUT2D eigenvalue weighted by Gasteiger charge is 2.00. The van der Waals surface area contributed by atoms with Crippen molar-refractivity contribution in [3.8, 4) is 0 Å². The Balaban J connectivity index is 3.15. The fourth-order valence-corrected chi connectivity index (χ4v) is 1.26. The van der Waals surface area contributed by atoms with E-state index in [1.807, 2.05) is 14.0 Å². The maximum absolute atomic E-state index is 9.02. The Morgan fingerprint density at radius 1 is 1.45 bits per heavy atom. The number of hydrogen-bond acceptors (Lipinski definition) is 3. The number of unbranched alkanes of at least 4 members (excludes halogenated alkanes) is 1. The summed E-state index contributed by atoms with van der Waals surface area (Å²) in [6, 6.07) is 0. The molecule has 0 aliphatic heterocycles. The van der Waals surface area contributed by atoms with Gasteiger partial charge in [-0.25, -0.2) is 0 Å². The van der Waals surface area contributed by atoms with Crippen LogP contribution in [0.1, 0.15) is 19.8 Å². The summed E-state index contributed by atoms with van der Waals surface area (Å²) in [4.78, 5) is 2.15. The van der Waals surface area contributed by atoms with E-state index in [2.05, 4.69) is 17.5 Å². The van der Waals surface area contributed by atoms with Gasteiger partial charge in [-0.2, -0.15) is 12.6 Å². The van der Waals surface area contributed by atoms with Gasteiger partial charge in [-0.15, -0.1) is 0 Å². The topological polar surface area (TPSA) is 23.5 Å². The Morgan fingerprint density at radius 3 is 2.55 bits per heavy atom. The van der Waals surface area contributed by atoms with Crippen LogP contribution in [0.4, 0.5) is 0 Å². The lowest BCUT2D eigenvalue weighted by Gasteiger charge is -2.17. The van der Waals surface area contributed by atoms with Crippen molar-refractivity contribution < 1.29 is 5.11 Å². The Hall–Kier alpha value is 0.270. The first kappa shape index (κ1) is 11.3. The van der Waals surface area contributed by atoms with Crippen LogP contribution in [-0.4, -0.2) is 42.0 Å². The Kier molecular flexibility index (Phi) is 7.12. The van der Waals surface area contributed by atoms with Crippen molar-refractivity contribution in [3.05, 3.63) is 0 Å². The van der Waals surface area contributed by atoms with E-state index in [4.69, 9.17) is 5.11 Å². The first-order chi connectivity index (χ1) is 5.16. The fraction of sp³-hybridized carbons (Fsp3) is 1.00. The standard InChI is InChI=1S/C8H19NOS/c1-8(10)7-9(2)5-3-4-6-11/h8,10-11H,3-7H2,1-2H3. The molecule has 1 N–H and O–H groups in total. The minimum absolute atomic E-state index is 0.212. The summed E-state index contributed by atoms with van der Waals surface area (Å²) in [7, 11) is 2.03. The number of rotatable bonds is 6. The molecule has 0 rings (SSSR count). The third-order valence-electron chi connectivity index (χ3n) is 1.52. The molecule has 1 atom stereocenters. The second-order valence-electron chi connectivity index (χ2n) is 3.04. The molecule has 0 fully saturated rings. The molecule has 0 heterocycles. The number of aliphatic hydroxyl groups is 1. The summed E-state index contributed by atoms with van der Waals surface area (Å²) < 4.78 is 0. The van der Waals surface area contributed by atoms with Crippen molar-refractivity contribution in [3.63, 3.8) is 0 Å². The Morgan fingerprint density at radius 2 is 2.09 bits per heavy atom. The molecule has 0 radical (unpaired) electrons. The van der Waals surface area contributed by atoms with Crippen LogP contribution in [0.25, 0.3) is 0 Å². The van der Waals surface area contributed by atoms with E-state index in [9.17, 15) is 0 Å². The normalized spacial score (nSPS) is 13.9. The molecule has 0 aromatic carbocycles. The minimum Gasteiger partial charge on any atom is -0.392 e. The van der Waals surface area contributed by atoms with Crippen molar-refractivity contribution in [1.82, 2.24) is 4.90 Å². The van der Waals surface area contributed by atoms with Crippen LogP contribution < -0.4 is 0 Å². The first-order valence-electron chi connectivity index (χ1n) is 4.14. The van der Waals surface area contributed by atoms with Crippen molar-refractivity contribution in [2.24, 2.45) is 0 Å². The summed E-state index contributed by atoms with van der Waals surface area (Å²) in [5.41, 5.74) is 0. The molecule has 0 saturated heterocycles. The molecule has 0 aliphatic carbocycles. The fourth-order valence-electron chi connectivity index (χ4n) is 1.04. The van der Waals surface area contributed by atoms with Crippen LogP contribution in [0.3, 0.4) is 0 Å². The molecule has 0 aliphatic rings. The lowest BCUT2D eigenvalue weighted by atomic mass is 10.3. The van der Waals surface area contributed by atoms with Gasteiger partial charge in [0.15, 0.2) is 0 Å². The van der Waals surface area contributed by atoms with Gasteiger partial charge in [0, 0.05) is 6.54 Å². The van der Waals surface area contributed by atoms with Gasteiger partial charge in [0.25, 0.3) is 0 Å². The van der Waals surface area contributed by atoms with Gasteiger partial charge in [-0.3, -0.25) is 0 Å². The summed E-state index contributed by atoms with van der Waals surface area (Å²) in [6.07, 6.45) is 2.12. The van der Waals surface area contributed by atoms with E-state index in [-0.39, 0.29) is 6.10 Å². The van der Waals surface area contributed by atoms with Crippen LogP contribution in [0.15, 0.2) is 0 Å². The Bertz CT molecular complexity index is 88.2. The zero-order chi connectivity index (χ0) is 8.69. The van der Waals surface area contributed by atoms with E-state index in [0.29, 0.717) is 0 Å². The molecule has 1 unspecified atom stereocenters. The molecule has 0 amide bonds. The summed E-state index contributed by atoms with van der Waals surface area (Å²) >= 11 is 4.13. The zero-order valence-electron chi connectivity index (χ0n) is 7.45. The molecular weight excluding hydrogens is 158 g/mol. The number of thiol groups is 1. The maximum atomic E-state index is 9.02. The van der Waals surface area contributed by atoms with Crippen molar-refractivity contribution in [1.29, 1.82) is 0 Å². The highest BCUT2D eigenvalue weighted by molar-refractivity contribution is 7.80. The van der Waals surface area contributed by atoms with E-state index < -0.39 is 0 Å². The zero-order valence-corrected chi connectivity index (χ0v) is 8.35. The molecule has 0 aromatic heterocycles. The van der Waals surface area contributed by atoms with Gasteiger partial charge in [0.2, 0.25) is 0 Å². The molecule has 2 nitrogen and oxygen atoms in total. The lowest BCUT2D eigenvalue weighted by Crippen LogP contribution is -2.28. The maximum Gasteiger partial charge on any atom is 0.0638 e. The van der Waals surface area contributed by atoms with E-state index in [1.165, 1.54) is 6.42 Å². The predicted molar refractivity (Wildman–Crippen MR) is 52.3 cm³/mol. The molecule has 0 spiro atoms. The van der Waals surface area contributed by atoms with Crippen LogP contribution >= 0.6 is 12.6 Å². The molecular formula is C8H19NOS. The summed E-state index contributed by atoms with van der Waals surface area (Å²) in [6.45, 7) is 3.65. The van der Waals surface area contributed by atoms with Crippen molar-refractivity contribution in [2.75, 3.05) is 25.9 Å². The highest BCUT2D eigenvalue weighted by atomic mass is 32.1. The third kappa shape index (κ3) is 8.17. The summed E-state index contributed by atoms with van der Waals surface area (Å²) in [5.74, 6) is 0.961. The largest absolute Gasteiger partial charge is 0.392 e. The van der Waals surface area contributed by atoms with Gasteiger partial charge < -0.3 is 10.0 Å². The molecule has 0 aromatic rings. The van der Waals surface area contributed by atoms with E-state index in [1.54, 1.807) is 0 Å². The smallest absolute Gasteiger partial charge is 0.0638 e. The molecule has 0 saturated carbocycles.